The number of hydrogen-bond donors (Lipinski definition) is 2. The smallest absolute Gasteiger partial charge is 0.180 e. The van der Waals surface area contributed by atoms with Gasteiger partial charge in [-0.05, 0) is 31.7 Å². The standard InChI is InChI=1S/C16H20N6S/c1-10-7-11(22-5-3-21(2)4-6-22)8-12-14(10)20-15(19-12)13-9-18-16(17)23-13/h7-9H,3-6H2,1-2H3,(H2,17,18)(H,19,20). The van der Waals surface area contributed by atoms with Crippen LogP contribution in [0.25, 0.3) is 21.7 Å². The minimum Gasteiger partial charge on any atom is -0.375 e. The van der Waals surface area contributed by atoms with Crippen molar-refractivity contribution in [3.63, 3.8) is 0 Å². The first kappa shape index (κ1) is 14.5. The lowest BCUT2D eigenvalue weighted by Gasteiger charge is -2.34. The molecular weight excluding hydrogens is 308 g/mol. The van der Waals surface area contributed by atoms with Gasteiger partial charge in [-0.3, -0.25) is 0 Å². The summed E-state index contributed by atoms with van der Waals surface area (Å²) >= 11 is 1.45. The molecule has 3 heterocycles. The lowest BCUT2D eigenvalue weighted by atomic mass is 10.1. The van der Waals surface area contributed by atoms with E-state index in [0.29, 0.717) is 5.13 Å². The normalized spacial score (nSPS) is 16.3. The molecule has 0 bridgehead atoms. The minimum absolute atomic E-state index is 0.565. The number of aromatic nitrogens is 3. The zero-order chi connectivity index (χ0) is 16.0. The molecule has 2 aromatic heterocycles. The molecule has 0 amide bonds. The zero-order valence-electron chi connectivity index (χ0n) is 13.3. The average molecular weight is 328 g/mol. The number of aryl methyl sites for hydroxylation is 1. The average Bonchev–Trinajstić information content (AvgIpc) is 3.14. The van der Waals surface area contributed by atoms with Crippen LogP contribution in [0.5, 0.6) is 0 Å². The van der Waals surface area contributed by atoms with E-state index in [1.807, 2.05) is 0 Å². The Morgan fingerprint density at radius 1 is 1.22 bits per heavy atom. The van der Waals surface area contributed by atoms with Gasteiger partial charge in [0.1, 0.15) is 5.82 Å². The van der Waals surface area contributed by atoms with Crippen molar-refractivity contribution < 1.29 is 0 Å². The number of likely N-dealkylation sites (N-methyl/N-ethyl adjacent to an activating group) is 1. The maximum Gasteiger partial charge on any atom is 0.180 e. The van der Waals surface area contributed by atoms with Gasteiger partial charge in [0, 0.05) is 31.9 Å². The second-order valence-corrected chi connectivity index (χ2v) is 7.16. The van der Waals surface area contributed by atoms with E-state index in [1.165, 1.54) is 22.6 Å². The van der Waals surface area contributed by atoms with Crippen molar-refractivity contribution >= 4 is 33.2 Å². The highest BCUT2D eigenvalue weighted by Crippen LogP contribution is 2.30. The first-order valence-electron chi connectivity index (χ1n) is 7.76. The molecule has 1 aromatic carbocycles. The predicted octanol–water partition coefficient (Wildman–Crippen LogP) is 2.33. The summed E-state index contributed by atoms with van der Waals surface area (Å²) < 4.78 is 0. The highest BCUT2D eigenvalue weighted by atomic mass is 32.1. The highest BCUT2D eigenvalue weighted by Gasteiger charge is 2.17. The maximum absolute atomic E-state index is 5.73. The molecule has 1 aliphatic heterocycles. The molecule has 3 aromatic rings. The molecule has 1 aliphatic rings. The predicted molar refractivity (Wildman–Crippen MR) is 96.1 cm³/mol. The Balaban J connectivity index is 1.72. The van der Waals surface area contributed by atoms with Crippen molar-refractivity contribution in [2.75, 3.05) is 43.9 Å². The van der Waals surface area contributed by atoms with Gasteiger partial charge in [-0.25, -0.2) is 9.97 Å². The number of nitrogens with zero attached hydrogens (tertiary/aromatic N) is 4. The van der Waals surface area contributed by atoms with Gasteiger partial charge in [-0.2, -0.15) is 0 Å². The number of imidazole rings is 1. The topological polar surface area (TPSA) is 74.1 Å². The zero-order valence-corrected chi connectivity index (χ0v) is 14.2. The summed E-state index contributed by atoms with van der Waals surface area (Å²) in [7, 11) is 2.17. The quantitative estimate of drug-likeness (QED) is 0.755. The number of nitrogens with one attached hydrogen (secondary N) is 1. The van der Waals surface area contributed by atoms with Crippen molar-refractivity contribution in [3.05, 3.63) is 23.9 Å². The molecule has 0 radical (unpaired) electrons. The monoisotopic (exact) mass is 328 g/mol. The Kier molecular flexibility index (Phi) is 3.46. The number of benzene rings is 1. The molecule has 4 rings (SSSR count). The number of H-pyrrole nitrogens is 1. The van der Waals surface area contributed by atoms with Crippen LogP contribution in [0.15, 0.2) is 18.3 Å². The number of rotatable bonds is 2. The van der Waals surface area contributed by atoms with Crippen LogP contribution in [0.3, 0.4) is 0 Å². The Hall–Kier alpha value is -2.12. The van der Waals surface area contributed by atoms with E-state index in [4.69, 9.17) is 10.7 Å². The van der Waals surface area contributed by atoms with E-state index in [2.05, 4.69) is 45.9 Å². The van der Waals surface area contributed by atoms with Gasteiger partial charge in [0.05, 0.1) is 22.1 Å². The lowest BCUT2D eigenvalue weighted by Crippen LogP contribution is -2.44. The van der Waals surface area contributed by atoms with Gasteiger partial charge in [0.25, 0.3) is 0 Å². The Labute approximate surface area is 139 Å². The van der Waals surface area contributed by atoms with Crippen LogP contribution in [0, 0.1) is 6.92 Å². The van der Waals surface area contributed by atoms with Gasteiger partial charge in [-0.15, -0.1) is 0 Å². The van der Waals surface area contributed by atoms with Gasteiger partial charge in [-0.1, -0.05) is 11.3 Å². The van der Waals surface area contributed by atoms with Crippen molar-refractivity contribution in [2.24, 2.45) is 0 Å². The minimum atomic E-state index is 0.565. The molecule has 0 aliphatic carbocycles. The number of fused-ring (bicyclic) bond motifs is 1. The summed E-state index contributed by atoms with van der Waals surface area (Å²) in [5, 5.41) is 0.565. The Morgan fingerprint density at radius 3 is 2.70 bits per heavy atom. The van der Waals surface area contributed by atoms with Crippen LogP contribution in [0.4, 0.5) is 10.8 Å². The fourth-order valence-electron chi connectivity index (χ4n) is 3.03. The Bertz CT molecular complexity index is 843. The third-order valence-corrected chi connectivity index (χ3v) is 5.22. The second-order valence-electron chi connectivity index (χ2n) is 6.10. The Morgan fingerprint density at radius 2 is 2.00 bits per heavy atom. The summed E-state index contributed by atoms with van der Waals surface area (Å²) in [4.78, 5) is 18.0. The molecule has 0 spiro atoms. The van der Waals surface area contributed by atoms with Crippen LogP contribution < -0.4 is 10.6 Å². The number of anilines is 2. The molecule has 0 saturated carbocycles. The van der Waals surface area contributed by atoms with Crippen LogP contribution in [-0.2, 0) is 0 Å². The molecule has 1 fully saturated rings. The summed E-state index contributed by atoms with van der Waals surface area (Å²) in [6.45, 7) is 6.45. The van der Waals surface area contributed by atoms with E-state index in [0.717, 1.165) is 47.9 Å². The van der Waals surface area contributed by atoms with E-state index >= 15 is 0 Å². The van der Waals surface area contributed by atoms with E-state index < -0.39 is 0 Å². The van der Waals surface area contributed by atoms with Gasteiger partial charge in [0.2, 0.25) is 0 Å². The third-order valence-electron chi connectivity index (χ3n) is 4.39. The summed E-state index contributed by atoms with van der Waals surface area (Å²) in [5.74, 6) is 0.841. The van der Waals surface area contributed by atoms with Crippen molar-refractivity contribution in [3.8, 4) is 10.7 Å². The largest absolute Gasteiger partial charge is 0.375 e. The second kappa shape index (κ2) is 5.50. The van der Waals surface area contributed by atoms with Crippen molar-refractivity contribution in [1.29, 1.82) is 0 Å². The maximum atomic E-state index is 5.73. The molecular formula is C16H20N6S. The first-order chi connectivity index (χ1) is 11.1. The molecule has 23 heavy (non-hydrogen) atoms. The number of hydrogen-bond acceptors (Lipinski definition) is 6. The van der Waals surface area contributed by atoms with Gasteiger partial charge < -0.3 is 20.5 Å². The molecule has 1 saturated heterocycles. The molecule has 120 valence electrons. The van der Waals surface area contributed by atoms with Gasteiger partial charge >= 0.3 is 0 Å². The van der Waals surface area contributed by atoms with Crippen molar-refractivity contribution in [1.82, 2.24) is 19.9 Å². The third kappa shape index (κ3) is 2.66. The molecule has 6 nitrogen and oxygen atoms in total. The fraction of sp³-hybridized carbons (Fsp3) is 0.375. The van der Waals surface area contributed by atoms with Crippen LogP contribution in [-0.4, -0.2) is 53.1 Å². The van der Waals surface area contributed by atoms with E-state index in [9.17, 15) is 0 Å². The molecule has 3 N–H and O–H groups in total. The number of nitrogens with two attached hydrogens (primary N) is 1. The number of nitrogen functional groups attached to an aromatic ring is 1. The SMILES string of the molecule is Cc1cc(N2CCN(C)CC2)cc2[nH]c(-c3cnc(N)s3)nc12. The van der Waals surface area contributed by atoms with Crippen LogP contribution >= 0.6 is 11.3 Å². The lowest BCUT2D eigenvalue weighted by molar-refractivity contribution is 0.313. The summed E-state index contributed by atoms with van der Waals surface area (Å²) in [6, 6.07) is 4.44. The van der Waals surface area contributed by atoms with Gasteiger partial charge in [0.15, 0.2) is 5.13 Å². The summed E-state index contributed by atoms with van der Waals surface area (Å²) in [6.07, 6.45) is 1.77. The van der Waals surface area contributed by atoms with E-state index in [1.54, 1.807) is 6.20 Å². The molecule has 0 unspecified atom stereocenters. The fourth-order valence-corrected chi connectivity index (χ4v) is 3.66. The molecule has 7 heteroatoms. The van der Waals surface area contributed by atoms with Crippen LogP contribution in [0.2, 0.25) is 0 Å². The van der Waals surface area contributed by atoms with Crippen LogP contribution in [0.1, 0.15) is 5.56 Å². The highest BCUT2D eigenvalue weighted by molar-refractivity contribution is 7.18. The summed E-state index contributed by atoms with van der Waals surface area (Å²) in [5.41, 5.74) is 10.3. The number of thiazole rings is 1. The first-order valence-corrected chi connectivity index (χ1v) is 8.57. The number of piperazine rings is 1. The molecule has 0 atom stereocenters. The number of aromatic amines is 1. The van der Waals surface area contributed by atoms with E-state index in [-0.39, 0.29) is 0 Å². The van der Waals surface area contributed by atoms with Crippen molar-refractivity contribution in [2.45, 2.75) is 6.92 Å².